The van der Waals surface area contributed by atoms with Crippen LogP contribution in [0.2, 0.25) is 0 Å². The second-order valence-corrected chi connectivity index (χ2v) is 13.0. The van der Waals surface area contributed by atoms with Crippen LogP contribution in [0, 0.1) is 0 Å². The van der Waals surface area contributed by atoms with Crippen LogP contribution in [0.25, 0.3) is 55.0 Å². The summed E-state index contributed by atoms with van der Waals surface area (Å²) in [5, 5.41) is 23.7. The number of ketones is 1. The summed E-state index contributed by atoms with van der Waals surface area (Å²) >= 11 is 0. The zero-order valence-electron chi connectivity index (χ0n) is 30.3. The third kappa shape index (κ3) is 5.70. The summed E-state index contributed by atoms with van der Waals surface area (Å²) in [6, 6.07) is 35.2. The van der Waals surface area contributed by atoms with E-state index in [0.717, 1.165) is 49.5 Å². The van der Waals surface area contributed by atoms with E-state index < -0.39 is 0 Å². The average molecular weight is 719 g/mol. The van der Waals surface area contributed by atoms with Crippen LogP contribution in [0.3, 0.4) is 0 Å². The molecule has 0 saturated heterocycles. The molecule has 270 valence electrons. The molecule has 8 rings (SSSR count). The molecule has 0 spiro atoms. The summed E-state index contributed by atoms with van der Waals surface area (Å²) in [4.78, 5) is 18.8. The van der Waals surface area contributed by atoms with E-state index in [1.54, 1.807) is 70.9 Å². The van der Waals surface area contributed by atoms with Crippen molar-refractivity contribution in [2.45, 2.75) is 13.0 Å². The molecule has 0 saturated carbocycles. The molecule has 0 aliphatic carbocycles. The number of H-pyrrole nitrogens is 1. The van der Waals surface area contributed by atoms with Crippen LogP contribution >= 0.6 is 0 Å². The van der Waals surface area contributed by atoms with Crippen LogP contribution in [-0.4, -0.2) is 54.0 Å². The van der Waals surface area contributed by atoms with Crippen molar-refractivity contribution in [1.82, 2.24) is 9.55 Å². The number of ether oxygens (including phenoxy) is 4. The van der Waals surface area contributed by atoms with Crippen molar-refractivity contribution in [1.29, 1.82) is 0 Å². The van der Waals surface area contributed by atoms with Crippen molar-refractivity contribution in [2.75, 3.05) is 28.4 Å². The largest absolute Gasteiger partial charge is 0.508 e. The molecule has 9 nitrogen and oxygen atoms in total. The van der Waals surface area contributed by atoms with Gasteiger partial charge in [0.25, 0.3) is 0 Å². The van der Waals surface area contributed by atoms with E-state index in [-0.39, 0.29) is 17.3 Å². The van der Waals surface area contributed by atoms with Gasteiger partial charge in [0.05, 0.1) is 56.2 Å². The molecule has 0 unspecified atom stereocenters. The van der Waals surface area contributed by atoms with Gasteiger partial charge in [-0.05, 0) is 89.8 Å². The number of para-hydroxylation sites is 1. The number of phenolic OH excluding ortho intramolecular Hbond substituents is 2. The first-order valence-electron chi connectivity index (χ1n) is 17.5. The number of aromatic hydroxyl groups is 2. The lowest BCUT2D eigenvalue weighted by Gasteiger charge is -2.17. The molecule has 3 N–H and O–H groups in total. The number of aryl methyl sites for hydroxylation is 2. The number of phenols is 2. The second kappa shape index (κ2) is 13.9. The summed E-state index contributed by atoms with van der Waals surface area (Å²) in [5.41, 5.74) is 7.13. The van der Waals surface area contributed by atoms with E-state index in [1.165, 1.54) is 0 Å². The highest BCUT2D eigenvalue weighted by atomic mass is 16.5. The number of aromatic amines is 1. The number of nitrogens with one attached hydrogen (secondary N) is 1. The van der Waals surface area contributed by atoms with Gasteiger partial charge in [-0.1, -0.05) is 48.5 Å². The molecule has 0 atom stereocenters. The summed E-state index contributed by atoms with van der Waals surface area (Å²) in [5.74, 6) is 2.67. The maximum Gasteiger partial charge on any atom is 0.210 e. The summed E-state index contributed by atoms with van der Waals surface area (Å²) in [6.07, 6.45) is 0.548. The lowest BCUT2D eigenvalue weighted by molar-refractivity contribution is 0.103. The number of fused-ring (bicyclic) bond motifs is 5. The third-order valence-corrected chi connectivity index (χ3v) is 10.1. The molecule has 0 bridgehead atoms. The summed E-state index contributed by atoms with van der Waals surface area (Å²) < 4.78 is 25.0. The van der Waals surface area contributed by atoms with Crippen LogP contribution in [0.1, 0.15) is 21.6 Å². The smallest absolute Gasteiger partial charge is 0.210 e. The Bertz CT molecular complexity index is 2660. The Morgan fingerprint density at radius 3 is 1.78 bits per heavy atom. The maximum atomic E-state index is 15.3. The Kier molecular flexibility index (Phi) is 8.83. The Morgan fingerprint density at radius 2 is 1.20 bits per heavy atom. The predicted octanol–water partition coefficient (Wildman–Crippen LogP) is 9.53. The first-order valence-corrected chi connectivity index (χ1v) is 17.5. The fourth-order valence-electron chi connectivity index (χ4n) is 7.50. The fraction of sp³-hybridized carbons (Fsp3) is 0.133. The van der Waals surface area contributed by atoms with Gasteiger partial charge >= 0.3 is 0 Å². The highest BCUT2D eigenvalue weighted by molar-refractivity contribution is 6.32. The van der Waals surface area contributed by atoms with Crippen LogP contribution in [0.4, 0.5) is 0 Å². The van der Waals surface area contributed by atoms with Gasteiger partial charge in [0.1, 0.15) is 28.7 Å². The van der Waals surface area contributed by atoms with E-state index in [1.807, 2.05) is 72.8 Å². The number of nitrogens with zero attached hydrogens (tertiary/aromatic N) is 1. The molecule has 0 radical (unpaired) electrons. The number of carbonyl (C=O) groups excluding carboxylic acids is 1. The lowest BCUT2D eigenvalue weighted by atomic mass is 9.92. The minimum absolute atomic E-state index is 0.0946. The molecule has 54 heavy (non-hydrogen) atoms. The van der Waals surface area contributed by atoms with Gasteiger partial charge in [-0.15, -0.1) is 0 Å². The average Bonchev–Trinajstić information content (AvgIpc) is 3.77. The van der Waals surface area contributed by atoms with Crippen molar-refractivity contribution in [2.24, 2.45) is 0 Å². The van der Waals surface area contributed by atoms with Crippen LogP contribution < -0.4 is 18.9 Å². The molecule has 2 aromatic heterocycles. The molecule has 2 heterocycles. The third-order valence-electron chi connectivity index (χ3n) is 10.1. The molecule has 0 aliphatic rings. The second-order valence-electron chi connectivity index (χ2n) is 13.0. The first kappa shape index (κ1) is 34.2. The van der Waals surface area contributed by atoms with E-state index in [4.69, 9.17) is 18.9 Å². The molecule has 8 aromatic rings. The minimum Gasteiger partial charge on any atom is -0.508 e. The van der Waals surface area contributed by atoms with E-state index >= 15 is 4.79 Å². The van der Waals surface area contributed by atoms with Crippen molar-refractivity contribution in [3.05, 3.63) is 132 Å². The van der Waals surface area contributed by atoms with Gasteiger partial charge in [0.2, 0.25) is 5.78 Å². The van der Waals surface area contributed by atoms with Crippen LogP contribution in [0.15, 0.2) is 115 Å². The predicted molar refractivity (Wildman–Crippen MR) is 212 cm³/mol. The standard InChI is InChI=1S/C45H38N2O7/c1-51-31-18-10-27(11-19-31)36-39-38-34-6-5-7-35(49)40(34)46-41(38)45(54-4)37(28-12-20-32(52-2)21-13-28)42(39)47(25-24-26-8-16-30(48)17-9-26)43(36)44(50)29-14-22-33(53-3)23-15-29/h5-23,46,48-49H,24-25H2,1-4H3. The number of hydrogen-bond acceptors (Lipinski definition) is 7. The van der Waals surface area contributed by atoms with Gasteiger partial charge in [-0.2, -0.15) is 0 Å². The molecule has 0 amide bonds. The summed E-state index contributed by atoms with van der Waals surface area (Å²) in [7, 11) is 6.48. The topological polar surface area (TPSA) is 115 Å². The molecule has 0 fully saturated rings. The van der Waals surface area contributed by atoms with E-state index in [2.05, 4.69) is 9.55 Å². The normalized spacial score (nSPS) is 11.3. The van der Waals surface area contributed by atoms with Gasteiger partial charge in [0, 0.05) is 33.8 Å². The van der Waals surface area contributed by atoms with E-state index in [9.17, 15) is 10.2 Å². The zero-order valence-corrected chi connectivity index (χ0v) is 30.3. The van der Waals surface area contributed by atoms with Gasteiger partial charge in [-0.25, -0.2) is 0 Å². The number of rotatable bonds is 11. The van der Waals surface area contributed by atoms with Crippen LogP contribution in [-0.2, 0) is 13.0 Å². The first-order chi connectivity index (χ1) is 26.3. The number of hydrogen-bond donors (Lipinski definition) is 3. The van der Waals surface area contributed by atoms with Gasteiger partial charge in [-0.3, -0.25) is 4.79 Å². The molecule has 9 heteroatoms. The van der Waals surface area contributed by atoms with Crippen molar-refractivity contribution in [3.63, 3.8) is 0 Å². The Hall–Kier alpha value is -6.87. The number of carbonyl (C=O) groups is 1. The number of aromatic nitrogens is 2. The summed E-state index contributed by atoms with van der Waals surface area (Å²) in [6.45, 7) is 0.403. The Morgan fingerprint density at radius 1 is 0.630 bits per heavy atom. The fourth-order valence-corrected chi connectivity index (χ4v) is 7.50. The Labute approximate surface area is 311 Å². The highest BCUT2D eigenvalue weighted by Crippen LogP contribution is 2.52. The monoisotopic (exact) mass is 718 g/mol. The minimum atomic E-state index is -0.180. The SMILES string of the molecule is COc1ccc(C(=O)c2c(-c3ccc(OC)cc3)c3c4c([nH]c5c(O)cccc54)c(OC)c(-c4ccc(OC)cc4)c3n2CCc2ccc(O)cc2)cc1. The van der Waals surface area contributed by atoms with E-state index in [0.29, 0.717) is 58.3 Å². The molecule has 0 aliphatic heterocycles. The Balaban J connectivity index is 1.59. The number of methoxy groups -OCH3 is 4. The molecular weight excluding hydrogens is 681 g/mol. The molecule has 6 aromatic carbocycles. The van der Waals surface area contributed by atoms with Crippen molar-refractivity contribution in [3.8, 4) is 56.8 Å². The maximum absolute atomic E-state index is 15.3. The lowest BCUT2D eigenvalue weighted by Crippen LogP contribution is -2.13. The zero-order chi connectivity index (χ0) is 37.5. The van der Waals surface area contributed by atoms with Gasteiger partial charge in [0.15, 0.2) is 5.75 Å². The molecular formula is C45H38N2O7. The van der Waals surface area contributed by atoms with Crippen molar-refractivity contribution < 1.29 is 34.0 Å². The van der Waals surface area contributed by atoms with Crippen molar-refractivity contribution >= 4 is 38.5 Å². The quantitative estimate of drug-likeness (QED) is 0.114. The number of benzene rings is 6. The van der Waals surface area contributed by atoms with Gasteiger partial charge < -0.3 is 38.7 Å². The highest BCUT2D eigenvalue weighted by Gasteiger charge is 2.32. The van der Waals surface area contributed by atoms with Crippen LogP contribution in [0.5, 0.6) is 34.5 Å².